The van der Waals surface area contributed by atoms with Crippen LogP contribution in [-0.4, -0.2) is 44.6 Å². The normalized spacial score (nSPS) is 10.1. The summed E-state index contributed by atoms with van der Waals surface area (Å²) in [4.78, 5) is 1.82. The van der Waals surface area contributed by atoms with Gasteiger partial charge >= 0.3 is 59.1 Å². The molecular weight excluding hydrogens is 220 g/mol. The average molecular weight is 230 g/mol. The van der Waals surface area contributed by atoms with Gasteiger partial charge < -0.3 is 14.0 Å². The van der Waals surface area contributed by atoms with Gasteiger partial charge in [-0.3, -0.25) is 0 Å². The van der Waals surface area contributed by atoms with Crippen LogP contribution in [0, 0.1) is 0 Å². The summed E-state index contributed by atoms with van der Waals surface area (Å²) in [5, 5.41) is 0. The third-order valence-electron chi connectivity index (χ3n) is 0.766. The van der Waals surface area contributed by atoms with Crippen molar-refractivity contribution in [3.8, 4) is 0 Å². The molecule has 4 nitrogen and oxygen atoms in total. The van der Waals surface area contributed by atoms with Crippen LogP contribution in [0.15, 0.2) is 0 Å². The molecule has 0 spiro atoms. The summed E-state index contributed by atoms with van der Waals surface area (Å²) in [5.41, 5.74) is 0. The predicted molar refractivity (Wildman–Crippen MR) is 40.5 cm³/mol. The van der Waals surface area contributed by atoms with E-state index in [1.165, 1.54) is 0 Å². The number of hydrogen-bond acceptors (Lipinski definition) is 4. The minimum Gasteiger partial charge on any atom is -0.746 e. The van der Waals surface area contributed by atoms with E-state index < -0.39 is 9.05 Å². The molecule has 0 heterocycles. The summed E-state index contributed by atoms with van der Waals surface area (Å²) in [6.07, 6.45) is 0. The van der Waals surface area contributed by atoms with E-state index in [-0.39, 0.29) is 59.1 Å². The number of nitrogens with zero attached hydrogens (tertiary/aromatic N) is 1. The molecule has 0 atom stereocenters. The molecule has 0 fully saturated rings. The molecule has 0 aliphatic rings. The topological polar surface area (TPSA) is 66.4 Å². The maximum Gasteiger partial charge on any atom is 1.00 e. The summed E-state index contributed by atoms with van der Waals surface area (Å²) in [7, 11) is -0.00801. The van der Waals surface area contributed by atoms with E-state index in [2.05, 4.69) is 0 Å². The van der Waals surface area contributed by atoms with Gasteiger partial charge in [-0.25, -0.2) is 4.21 Å². The fourth-order valence-corrected chi connectivity index (χ4v) is 1.80. The Balaban J connectivity index is -0.000000405. The Labute approximate surface area is 121 Å². The van der Waals surface area contributed by atoms with Gasteiger partial charge in [0.2, 0.25) is 10.3 Å². The Morgan fingerprint density at radius 1 is 1.33 bits per heavy atom. The van der Waals surface area contributed by atoms with Crippen molar-refractivity contribution in [1.29, 1.82) is 0 Å². The molecule has 12 heavy (non-hydrogen) atoms. The van der Waals surface area contributed by atoms with Crippen LogP contribution in [0.1, 0.15) is 0 Å². The second kappa shape index (κ2) is 9.79. The van der Waals surface area contributed by atoms with Gasteiger partial charge in [-0.05, 0) is 14.1 Å². The minimum atomic E-state index is -4.08. The van der Waals surface area contributed by atoms with Crippen LogP contribution < -0.4 is 59.1 Å². The van der Waals surface area contributed by atoms with Crippen LogP contribution in [0.4, 0.5) is 0 Å². The van der Waals surface area contributed by atoms with Crippen molar-refractivity contribution in [3.05, 3.63) is 0 Å². The first-order chi connectivity index (χ1) is 4.42. The first-order valence-electron chi connectivity index (χ1n) is 2.67. The van der Waals surface area contributed by atoms with Crippen molar-refractivity contribution in [3.63, 3.8) is 0 Å². The van der Waals surface area contributed by atoms with E-state index in [0.29, 0.717) is 22.6 Å². The van der Waals surface area contributed by atoms with Crippen molar-refractivity contribution in [2.45, 2.75) is 0 Å². The molecule has 0 amide bonds. The second-order valence-electron chi connectivity index (χ2n) is 2.03. The molecule has 0 saturated heterocycles. The van der Waals surface area contributed by atoms with Crippen molar-refractivity contribution < 1.29 is 72.4 Å². The fraction of sp³-hybridized carbons (Fsp3) is 1.00. The minimum absolute atomic E-state index is 0. The van der Waals surface area contributed by atoms with Crippen molar-refractivity contribution in [2.75, 3.05) is 26.4 Å². The predicted octanol–water partition coefficient (Wildman–Crippen LogP) is -6.90. The molecule has 0 saturated carbocycles. The summed E-state index contributed by atoms with van der Waals surface area (Å²) < 4.78 is 30.0. The van der Waals surface area contributed by atoms with Gasteiger partial charge in [-0.15, -0.1) is 0 Å². The summed E-state index contributed by atoms with van der Waals surface area (Å²) in [6.45, 7) is 0.603. The zero-order valence-corrected chi connectivity index (χ0v) is 13.5. The molecular formula is C4H10NNa2O3S2+. The van der Waals surface area contributed by atoms with Gasteiger partial charge in [0.15, 0.2) is 5.75 Å². The van der Waals surface area contributed by atoms with Crippen LogP contribution in [0.3, 0.4) is 0 Å². The largest absolute Gasteiger partial charge is 1.00 e. The van der Waals surface area contributed by atoms with Crippen LogP contribution in [0.2, 0.25) is 0 Å². The molecule has 0 bridgehead atoms. The van der Waals surface area contributed by atoms with Crippen LogP contribution >= 0.6 is 0 Å². The molecule has 0 aromatic rings. The average Bonchev–Trinajstić information content (AvgIpc) is 1.59. The van der Waals surface area contributed by atoms with Crippen molar-refractivity contribution in [1.82, 2.24) is 4.90 Å². The summed E-state index contributed by atoms with van der Waals surface area (Å²) in [6, 6.07) is 0. The summed E-state index contributed by atoms with van der Waals surface area (Å²) >= 11 is 0. The van der Waals surface area contributed by atoms with Crippen LogP contribution in [-0.2, 0) is 19.4 Å². The standard InChI is InChI=1S/C4H11NO3S2.2Na/c1-5(2)3-4-9-10(6,7)8;;/h3-4H2,1-2H3,(H-,6,7,8);;/q;2*+1/p-1. The zero-order chi connectivity index (χ0) is 8.20. The molecule has 8 heteroatoms. The van der Waals surface area contributed by atoms with Gasteiger partial charge in [0, 0.05) is 0 Å². The van der Waals surface area contributed by atoms with Gasteiger partial charge in [0.05, 0.1) is 15.6 Å². The third-order valence-corrected chi connectivity index (χ3v) is 2.77. The molecule has 0 N–H and O–H groups in total. The van der Waals surface area contributed by atoms with Crippen molar-refractivity contribution >= 4 is 19.4 Å². The van der Waals surface area contributed by atoms with Crippen LogP contribution in [0.5, 0.6) is 0 Å². The quantitative estimate of drug-likeness (QED) is 0.357. The Hall–Kier alpha value is 2.25. The van der Waals surface area contributed by atoms with Crippen molar-refractivity contribution in [2.24, 2.45) is 0 Å². The molecule has 0 aliphatic heterocycles. The van der Waals surface area contributed by atoms with E-state index in [1.54, 1.807) is 0 Å². The molecule has 62 valence electrons. The smallest absolute Gasteiger partial charge is 0.746 e. The van der Waals surface area contributed by atoms with Gasteiger partial charge in [-0.2, -0.15) is 0 Å². The molecule has 0 aromatic carbocycles. The van der Waals surface area contributed by atoms with Gasteiger partial charge in [0.25, 0.3) is 0 Å². The number of rotatable bonds is 3. The Kier molecular flexibility index (Phi) is 16.1. The Morgan fingerprint density at radius 3 is 2.00 bits per heavy atom. The van der Waals surface area contributed by atoms with Gasteiger partial charge in [0.1, 0.15) is 0 Å². The molecule has 0 unspecified atom stereocenters. The maximum absolute atomic E-state index is 10.0. The SMILES string of the molecule is CN(C)CC[S+]=S(=O)([O-])[O-].[Na+].[Na+]. The Morgan fingerprint density at radius 2 is 1.75 bits per heavy atom. The second-order valence-corrected chi connectivity index (χ2v) is 5.43. The van der Waals surface area contributed by atoms with Gasteiger partial charge in [-0.1, -0.05) is 0 Å². The first kappa shape index (κ1) is 19.8. The first-order valence-corrected chi connectivity index (χ1v) is 5.58. The van der Waals surface area contributed by atoms with E-state index in [0.717, 1.165) is 0 Å². The van der Waals surface area contributed by atoms with E-state index in [4.69, 9.17) is 0 Å². The van der Waals surface area contributed by atoms with E-state index >= 15 is 0 Å². The molecule has 0 rings (SSSR count). The third kappa shape index (κ3) is 18.1. The fourth-order valence-electron chi connectivity index (χ4n) is 0.322. The maximum atomic E-state index is 10.0. The Bertz CT molecular complexity index is 194. The molecule has 0 aromatic heterocycles. The molecule has 0 radical (unpaired) electrons. The molecule has 0 aliphatic carbocycles. The van der Waals surface area contributed by atoms with E-state index in [9.17, 15) is 13.3 Å². The van der Waals surface area contributed by atoms with Crippen LogP contribution in [0.25, 0.3) is 0 Å². The van der Waals surface area contributed by atoms with E-state index in [1.807, 2.05) is 19.0 Å². The monoisotopic (exact) mass is 230 g/mol. The zero-order valence-electron chi connectivity index (χ0n) is 7.90. The summed E-state index contributed by atoms with van der Waals surface area (Å²) in [5.74, 6) is 0.332. The number of hydrogen-bond donors (Lipinski definition) is 0.